The zero-order chi connectivity index (χ0) is 18.7. The van der Waals surface area contributed by atoms with E-state index >= 15 is 0 Å². The summed E-state index contributed by atoms with van der Waals surface area (Å²) in [6.45, 7) is 8.87. The molecule has 1 amide bonds. The lowest BCUT2D eigenvalue weighted by atomic mass is 10.00. The summed E-state index contributed by atoms with van der Waals surface area (Å²) in [5.74, 6) is 0.359. The van der Waals surface area contributed by atoms with Gasteiger partial charge in [-0.25, -0.2) is 0 Å². The molecule has 0 spiro atoms. The molecule has 1 aromatic carbocycles. The molecule has 0 aliphatic rings. The first-order valence-electron chi connectivity index (χ1n) is 9.22. The molecule has 1 rings (SSSR count). The quantitative estimate of drug-likeness (QED) is 0.433. The van der Waals surface area contributed by atoms with Crippen molar-refractivity contribution in [2.45, 2.75) is 57.7 Å². The summed E-state index contributed by atoms with van der Waals surface area (Å²) >= 11 is 0. The molecule has 25 heavy (non-hydrogen) atoms. The summed E-state index contributed by atoms with van der Waals surface area (Å²) in [5, 5.41) is 16.4. The van der Waals surface area contributed by atoms with E-state index in [0.29, 0.717) is 25.4 Å². The summed E-state index contributed by atoms with van der Waals surface area (Å²) in [6.07, 6.45) is 2.29. The number of amides is 1. The van der Waals surface area contributed by atoms with Crippen LogP contribution in [0.2, 0.25) is 0 Å². The van der Waals surface area contributed by atoms with Crippen LogP contribution in [0.5, 0.6) is 0 Å². The number of nitrogens with one attached hydrogen (secondary N) is 2. The number of carbonyl (C=O) groups is 1. The summed E-state index contributed by atoms with van der Waals surface area (Å²) in [7, 11) is 0. The van der Waals surface area contributed by atoms with Crippen molar-refractivity contribution in [1.82, 2.24) is 10.6 Å². The molecule has 0 aromatic heterocycles. The Morgan fingerprint density at radius 3 is 2.56 bits per heavy atom. The predicted molar refractivity (Wildman–Crippen MR) is 103 cm³/mol. The van der Waals surface area contributed by atoms with Gasteiger partial charge in [-0.2, -0.15) is 0 Å². The van der Waals surface area contributed by atoms with Crippen LogP contribution in [-0.4, -0.2) is 42.3 Å². The minimum atomic E-state index is -0.706. The van der Waals surface area contributed by atoms with Gasteiger partial charge in [0.05, 0.1) is 12.1 Å². The third-order valence-corrected chi connectivity index (χ3v) is 4.13. The van der Waals surface area contributed by atoms with Gasteiger partial charge in [-0.3, -0.25) is 4.79 Å². The highest BCUT2D eigenvalue weighted by molar-refractivity contribution is 5.81. The lowest BCUT2D eigenvalue weighted by molar-refractivity contribution is -0.123. The van der Waals surface area contributed by atoms with Crippen molar-refractivity contribution in [3.8, 4) is 0 Å². The molecule has 1 aromatic rings. The summed E-state index contributed by atoms with van der Waals surface area (Å²) in [4.78, 5) is 12.3. The van der Waals surface area contributed by atoms with E-state index in [2.05, 4.69) is 31.4 Å². The molecule has 0 aliphatic carbocycles. The molecule has 5 heteroatoms. The van der Waals surface area contributed by atoms with Gasteiger partial charge in [-0.05, 0) is 30.7 Å². The van der Waals surface area contributed by atoms with Gasteiger partial charge in [-0.1, -0.05) is 57.5 Å². The third-order valence-electron chi connectivity index (χ3n) is 4.13. The Balaban J connectivity index is 2.48. The number of nitrogens with two attached hydrogens (primary N) is 1. The van der Waals surface area contributed by atoms with Crippen molar-refractivity contribution in [3.05, 3.63) is 42.8 Å². The molecular weight excluding hydrogens is 314 g/mol. The average molecular weight is 349 g/mol. The number of hydrogen-bond acceptors (Lipinski definition) is 4. The molecule has 5 nitrogen and oxygen atoms in total. The highest BCUT2D eigenvalue weighted by Crippen LogP contribution is 2.07. The molecule has 0 unspecified atom stereocenters. The Morgan fingerprint density at radius 2 is 1.96 bits per heavy atom. The van der Waals surface area contributed by atoms with Crippen molar-refractivity contribution in [2.24, 2.45) is 11.7 Å². The smallest absolute Gasteiger partial charge is 0.237 e. The molecular formula is C20H34N3O2. The molecule has 3 atom stereocenters. The molecule has 0 heterocycles. The van der Waals surface area contributed by atoms with Crippen LogP contribution in [0.25, 0.3) is 0 Å². The van der Waals surface area contributed by atoms with Crippen LogP contribution < -0.4 is 16.4 Å². The topological polar surface area (TPSA) is 87.4 Å². The lowest BCUT2D eigenvalue weighted by Gasteiger charge is -2.24. The second-order valence-electron chi connectivity index (χ2n) is 7.01. The van der Waals surface area contributed by atoms with E-state index in [4.69, 9.17) is 5.73 Å². The van der Waals surface area contributed by atoms with E-state index in [9.17, 15) is 9.90 Å². The first-order chi connectivity index (χ1) is 11.9. The van der Waals surface area contributed by atoms with Crippen LogP contribution in [-0.2, 0) is 11.2 Å². The van der Waals surface area contributed by atoms with Crippen LogP contribution in [0, 0.1) is 12.8 Å². The van der Waals surface area contributed by atoms with Crippen molar-refractivity contribution >= 4 is 5.91 Å². The van der Waals surface area contributed by atoms with Crippen LogP contribution in [0.15, 0.2) is 30.3 Å². The predicted octanol–water partition coefficient (Wildman–Crippen LogP) is 1.65. The second kappa shape index (κ2) is 12.0. The minimum absolute atomic E-state index is 0.0222. The van der Waals surface area contributed by atoms with E-state index in [0.717, 1.165) is 24.8 Å². The fourth-order valence-electron chi connectivity index (χ4n) is 2.65. The molecule has 141 valence electrons. The van der Waals surface area contributed by atoms with Crippen molar-refractivity contribution < 1.29 is 9.90 Å². The fraction of sp³-hybridized carbons (Fsp3) is 0.600. The Bertz CT molecular complexity index is 479. The SMILES string of the molecule is [CH2]CCCNC(=O)[C@@H](CC(C)C)NC[C@@H](O)[C@@H](N)Cc1ccccc1. The number of benzene rings is 1. The monoisotopic (exact) mass is 348 g/mol. The van der Waals surface area contributed by atoms with Crippen LogP contribution in [0.1, 0.15) is 38.7 Å². The van der Waals surface area contributed by atoms with Gasteiger partial charge in [0, 0.05) is 19.1 Å². The zero-order valence-electron chi connectivity index (χ0n) is 15.6. The molecule has 0 aliphatic heterocycles. The summed E-state index contributed by atoms with van der Waals surface area (Å²) < 4.78 is 0. The van der Waals surface area contributed by atoms with Gasteiger partial charge >= 0.3 is 0 Å². The maximum atomic E-state index is 12.3. The third kappa shape index (κ3) is 9.00. The molecule has 0 saturated carbocycles. The van der Waals surface area contributed by atoms with Crippen LogP contribution in [0.3, 0.4) is 0 Å². The van der Waals surface area contributed by atoms with E-state index in [1.165, 1.54) is 0 Å². The van der Waals surface area contributed by atoms with Crippen LogP contribution >= 0.6 is 0 Å². The van der Waals surface area contributed by atoms with E-state index < -0.39 is 6.10 Å². The molecule has 1 radical (unpaired) electrons. The van der Waals surface area contributed by atoms with E-state index in [1.807, 2.05) is 30.3 Å². The molecule has 0 fully saturated rings. The first-order valence-corrected chi connectivity index (χ1v) is 9.22. The molecule has 0 saturated heterocycles. The Morgan fingerprint density at radius 1 is 1.28 bits per heavy atom. The van der Waals surface area contributed by atoms with Gasteiger partial charge < -0.3 is 21.5 Å². The number of hydrogen-bond donors (Lipinski definition) is 4. The Labute approximate surface area is 152 Å². The van der Waals surface area contributed by atoms with Crippen molar-refractivity contribution in [1.29, 1.82) is 0 Å². The van der Waals surface area contributed by atoms with E-state index in [-0.39, 0.29) is 18.0 Å². The van der Waals surface area contributed by atoms with Crippen molar-refractivity contribution in [2.75, 3.05) is 13.1 Å². The highest BCUT2D eigenvalue weighted by Gasteiger charge is 2.22. The fourth-order valence-corrected chi connectivity index (χ4v) is 2.65. The number of aliphatic hydroxyl groups is 1. The summed E-state index contributed by atoms with van der Waals surface area (Å²) in [6, 6.07) is 9.18. The number of carbonyl (C=O) groups excluding carboxylic acids is 1. The minimum Gasteiger partial charge on any atom is -0.390 e. The first kappa shape index (κ1) is 21.6. The standard InChI is InChI=1S/C20H34N3O2/c1-4-5-11-22-20(25)18(12-15(2)3)23-14-19(24)17(21)13-16-9-7-6-8-10-16/h6-10,15,17-19,23-24H,1,4-5,11-14,21H2,2-3H3,(H,22,25)/t17-,18+,19+/m0/s1. The Kier molecular flexibility index (Phi) is 10.4. The van der Waals surface area contributed by atoms with E-state index in [1.54, 1.807) is 0 Å². The Hall–Kier alpha value is -1.43. The highest BCUT2D eigenvalue weighted by atomic mass is 16.3. The van der Waals surface area contributed by atoms with Gasteiger partial charge in [0.15, 0.2) is 0 Å². The lowest BCUT2D eigenvalue weighted by Crippen LogP contribution is -2.50. The molecule has 5 N–H and O–H groups in total. The normalized spacial score (nSPS) is 15.0. The van der Waals surface area contributed by atoms with Gasteiger partial charge in [-0.15, -0.1) is 0 Å². The number of rotatable bonds is 12. The van der Waals surface area contributed by atoms with Gasteiger partial charge in [0.25, 0.3) is 0 Å². The molecule has 0 bridgehead atoms. The largest absolute Gasteiger partial charge is 0.390 e. The maximum Gasteiger partial charge on any atom is 0.237 e. The van der Waals surface area contributed by atoms with Gasteiger partial charge in [0.2, 0.25) is 5.91 Å². The van der Waals surface area contributed by atoms with Crippen molar-refractivity contribution in [3.63, 3.8) is 0 Å². The number of aliphatic hydroxyl groups excluding tert-OH is 1. The van der Waals surface area contributed by atoms with Gasteiger partial charge in [0.1, 0.15) is 0 Å². The zero-order valence-corrected chi connectivity index (χ0v) is 15.6. The maximum absolute atomic E-state index is 12.3. The summed E-state index contributed by atoms with van der Waals surface area (Å²) in [5.41, 5.74) is 7.21. The average Bonchev–Trinajstić information content (AvgIpc) is 2.58. The van der Waals surface area contributed by atoms with Crippen LogP contribution in [0.4, 0.5) is 0 Å². The second-order valence-corrected chi connectivity index (χ2v) is 7.01. The number of unbranched alkanes of at least 4 members (excludes halogenated alkanes) is 1.